The molecule has 1 aliphatic carbocycles. The molecule has 1 aliphatic rings. The summed E-state index contributed by atoms with van der Waals surface area (Å²) < 4.78 is 34.2. The number of aryl methyl sites for hydroxylation is 2. The average Bonchev–Trinajstić information content (AvgIpc) is 3.15. The maximum atomic E-state index is 13.0. The van der Waals surface area contributed by atoms with Gasteiger partial charge < -0.3 is 10.3 Å². The Balaban J connectivity index is 1.70. The minimum Gasteiger partial charge on any atom is -0.383 e. The van der Waals surface area contributed by atoms with Crippen LogP contribution in [-0.4, -0.2) is 24.6 Å². The van der Waals surface area contributed by atoms with Crippen LogP contribution in [-0.2, 0) is 10.0 Å². The standard InChI is InChI=1S/C22H26N4O3S/c1-14-8-9-18(30(27,28)26-17-6-4-3-5-7-17)12-19(14)16-11-20(22(23)24-13-16)21-10-15(2)25-29-21/h8-13,17,26H,3-7H2,1-2H3,(H2,23,24). The molecule has 158 valence electrons. The highest BCUT2D eigenvalue weighted by molar-refractivity contribution is 7.89. The normalized spacial score (nSPS) is 15.4. The van der Waals surface area contributed by atoms with Crippen molar-refractivity contribution in [3.8, 4) is 22.5 Å². The topological polar surface area (TPSA) is 111 Å². The molecule has 0 amide bonds. The molecule has 1 fully saturated rings. The van der Waals surface area contributed by atoms with E-state index in [-0.39, 0.29) is 10.9 Å². The number of pyridine rings is 1. The molecule has 2 heterocycles. The van der Waals surface area contributed by atoms with Gasteiger partial charge in [0.1, 0.15) is 5.82 Å². The van der Waals surface area contributed by atoms with E-state index in [0.717, 1.165) is 48.1 Å². The van der Waals surface area contributed by atoms with E-state index >= 15 is 0 Å². The zero-order valence-corrected chi connectivity index (χ0v) is 18.0. The Hall–Kier alpha value is -2.71. The molecule has 4 rings (SSSR count). The summed E-state index contributed by atoms with van der Waals surface area (Å²) in [5.74, 6) is 0.857. The summed E-state index contributed by atoms with van der Waals surface area (Å²) >= 11 is 0. The van der Waals surface area contributed by atoms with Crippen LogP contribution in [0.1, 0.15) is 43.4 Å². The van der Waals surface area contributed by atoms with Gasteiger partial charge in [-0.3, -0.25) is 0 Å². The van der Waals surface area contributed by atoms with Crippen LogP contribution in [0.25, 0.3) is 22.5 Å². The third kappa shape index (κ3) is 4.24. The van der Waals surface area contributed by atoms with Crippen molar-refractivity contribution in [2.75, 3.05) is 5.73 Å². The summed E-state index contributed by atoms with van der Waals surface area (Å²) in [6.07, 6.45) is 6.72. The van der Waals surface area contributed by atoms with Gasteiger partial charge in [0, 0.05) is 23.9 Å². The van der Waals surface area contributed by atoms with E-state index in [1.54, 1.807) is 24.4 Å². The average molecular weight is 427 g/mol. The second kappa shape index (κ2) is 8.20. The molecule has 0 atom stereocenters. The largest absolute Gasteiger partial charge is 0.383 e. The number of nitrogens with two attached hydrogens (primary N) is 1. The number of nitrogens with one attached hydrogen (secondary N) is 1. The molecule has 0 saturated heterocycles. The first-order valence-corrected chi connectivity index (χ1v) is 11.6. The van der Waals surface area contributed by atoms with E-state index in [0.29, 0.717) is 17.1 Å². The highest BCUT2D eigenvalue weighted by Gasteiger charge is 2.23. The number of rotatable bonds is 5. The smallest absolute Gasteiger partial charge is 0.240 e. The van der Waals surface area contributed by atoms with Crippen molar-refractivity contribution in [1.82, 2.24) is 14.9 Å². The fourth-order valence-corrected chi connectivity index (χ4v) is 5.23. The predicted molar refractivity (Wildman–Crippen MR) is 116 cm³/mol. The summed E-state index contributed by atoms with van der Waals surface area (Å²) in [5.41, 5.74) is 9.91. The van der Waals surface area contributed by atoms with Crippen LogP contribution >= 0.6 is 0 Å². The molecular weight excluding hydrogens is 400 g/mol. The van der Waals surface area contributed by atoms with Crippen molar-refractivity contribution < 1.29 is 12.9 Å². The first-order chi connectivity index (χ1) is 14.3. The molecule has 7 nitrogen and oxygen atoms in total. The van der Waals surface area contributed by atoms with Gasteiger partial charge in [0.2, 0.25) is 10.0 Å². The predicted octanol–water partition coefficient (Wildman–Crippen LogP) is 4.21. The van der Waals surface area contributed by atoms with Gasteiger partial charge in [0.15, 0.2) is 5.76 Å². The maximum absolute atomic E-state index is 13.0. The van der Waals surface area contributed by atoms with Gasteiger partial charge in [-0.15, -0.1) is 0 Å². The van der Waals surface area contributed by atoms with Crippen molar-refractivity contribution in [2.24, 2.45) is 0 Å². The van der Waals surface area contributed by atoms with E-state index in [2.05, 4.69) is 14.9 Å². The minimum absolute atomic E-state index is 0.00740. The van der Waals surface area contributed by atoms with Gasteiger partial charge in [-0.25, -0.2) is 18.1 Å². The molecule has 3 N–H and O–H groups in total. The number of sulfonamides is 1. The van der Waals surface area contributed by atoms with Crippen molar-refractivity contribution in [2.45, 2.75) is 56.9 Å². The quantitative estimate of drug-likeness (QED) is 0.632. The third-order valence-electron chi connectivity index (χ3n) is 5.57. The number of hydrogen-bond donors (Lipinski definition) is 2. The molecule has 0 spiro atoms. The van der Waals surface area contributed by atoms with Gasteiger partial charge in [-0.05, 0) is 56.0 Å². The number of hydrogen-bond acceptors (Lipinski definition) is 6. The van der Waals surface area contributed by atoms with Crippen LogP contribution < -0.4 is 10.5 Å². The van der Waals surface area contributed by atoms with Crippen LogP contribution in [0.2, 0.25) is 0 Å². The highest BCUT2D eigenvalue weighted by atomic mass is 32.2. The second-order valence-electron chi connectivity index (χ2n) is 7.92. The number of nitrogen functional groups attached to an aromatic ring is 1. The molecule has 2 aromatic heterocycles. The van der Waals surface area contributed by atoms with Gasteiger partial charge >= 0.3 is 0 Å². The Kier molecular flexibility index (Phi) is 5.62. The molecular formula is C22H26N4O3S. The minimum atomic E-state index is -3.60. The molecule has 0 bridgehead atoms. The lowest BCUT2D eigenvalue weighted by atomic mass is 9.96. The van der Waals surface area contributed by atoms with Crippen LogP contribution in [0, 0.1) is 13.8 Å². The van der Waals surface area contributed by atoms with Gasteiger partial charge in [-0.1, -0.05) is 30.5 Å². The monoisotopic (exact) mass is 426 g/mol. The van der Waals surface area contributed by atoms with Crippen molar-refractivity contribution >= 4 is 15.8 Å². The second-order valence-corrected chi connectivity index (χ2v) is 9.64. The maximum Gasteiger partial charge on any atom is 0.240 e. The summed E-state index contributed by atoms with van der Waals surface area (Å²) in [6.45, 7) is 3.77. The van der Waals surface area contributed by atoms with Crippen molar-refractivity contribution in [3.63, 3.8) is 0 Å². The van der Waals surface area contributed by atoms with Crippen LogP contribution in [0.3, 0.4) is 0 Å². The lowest BCUT2D eigenvalue weighted by Crippen LogP contribution is -2.36. The van der Waals surface area contributed by atoms with Gasteiger partial charge in [0.25, 0.3) is 0 Å². The molecule has 0 radical (unpaired) electrons. The molecule has 30 heavy (non-hydrogen) atoms. The van der Waals surface area contributed by atoms with Crippen molar-refractivity contribution in [3.05, 3.63) is 47.8 Å². The molecule has 0 unspecified atom stereocenters. The summed E-state index contributed by atoms with van der Waals surface area (Å²) in [5, 5.41) is 3.91. The van der Waals surface area contributed by atoms with E-state index in [1.807, 2.05) is 26.0 Å². The van der Waals surface area contributed by atoms with Gasteiger partial charge in [-0.2, -0.15) is 0 Å². The summed E-state index contributed by atoms with van der Waals surface area (Å²) in [6, 6.07) is 8.82. The first kappa shape index (κ1) is 20.6. The van der Waals surface area contributed by atoms with E-state index in [9.17, 15) is 8.42 Å². The summed E-state index contributed by atoms with van der Waals surface area (Å²) in [7, 11) is -3.60. The Morgan fingerprint density at radius 2 is 1.83 bits per heavy atom. The molecule has 1 aromatic carbocycles. The first-order valence-electron chi connectivity index (χ1n) is 10.2. The van der Waals surface area contributed by atoms with Gasteiger partial charge in [0.05, 0.1) is 16.2 Å². The van der Waals surface area contributed by atoms with Crippen LogP contribution in [0.4, 0.5) is 5.82 Å². The highest BCUT2D eigenvalue weighted by Crippen LogP contribution is 2.32. The molecule has 1 saturated carbocycles. The fourth-order valence-electron chi connectivity index (χ4n) is 3.90. The fraction of sp³-hybridized carbons (Fsp3) is 0.364. The zero-order valence-electron chi connectivity index (χ0n) is 17.2. The Morgan fingerprint density at radius 3 is 2.53 bits per heavy atom. The molecule has 8 heteroatoms. The lowest BCUT2D eigenvalue weighted by molar-refractivity contribution is 0.412. The molecule has 0 aliphatic heterocycles. The Labute approximate surface area is 176 Å². The number of aromatic nitrogens is 2. The van der Waals surface area contributed by atoms with Crippen LogP contribution in [0.15, 0.2) is 45.9 Å². The Morgan fingerprint density at radius 1 is 1.07 bits per heavy atom. The number of nitrogens with zero attached hydrogens (tertiary/aromatic N) is 2. The molecule has 3 aromatic rings. The van der Waals surface area contributed by atoms with Crippen LogP contribution in [0.5, 0.6) is 0 Å². The SMILES string of the molecule is Cc1cc(-c2cc(-c3cc(S(=O)(=O)NC4CCCCC4)ccc3C)cnc2N)on1. The van der Waals surface area contributed by atoms with Crippen molar-refractivity contribution in [1.29, 1.82) is 0 Å². The number of anilines is 1. The Bertz CT molecular complexity index is 1160. The third-order valence-corrected chi connectivity index (χ3v) is 7.09. The summed E-state index contributed by atoms with van der Waals surface area (Å²) in [4.78, 5) is 4.54. The lowest BCUT2D eigenvalue weighted by Gasteiger charge is -2.22. The van der Waals surface area contributed by atoms with E-state index < -0.39 is 10.0 Å². The van der Waals surface area contributed by atoms with E-state index in [1.165, 1.54) is 6.42 Å². The number of benzene rings is 1. The van der Waals surface area contributed by atoms with E-state index in [4.69, 9.17) is 10.3 Å². The zero-order chi connectivity index (χ0) is 21.3.